The molecule has 2 amide bonds. The predicted octanol–water partition coefficient (Wildman–Crippen LogP) is 3.34. The number of hydrogen-bond acceptors (Lipinski definition) is 6. The highest BCUT2D eigenvalue weighted by Crippen LogP contribution is 2.30. The number of ether oxygens (including phenoxy) is 1. The molecule has 10 heteroatoms. The maximum Gasteiger partial charge on any atom is 0.327 e. The Morgan fingerprint density at radius 2 is 1.89 bits per heavy atom. The van der Waals surface area contributed by atoms with Crippen molar-refractivity contribution in [3.63, 3.8) is 0 Å². The number of halogens is 2. The third kappa shape index (κ3) is 3.58. The summed E-state index contributed by atoms with van der Waals surface area (Å²) >= 11 is 5.98. The van der Waals surface area contributed by atoms with E-state index in [0.29, 0.717) is 27.6 Å². The number of carbonyl (C=O) groups is 1. The zero-order valence-electron chi connectivity index (χ0n) is 13.9. The summed E-state index contributed by atoms with van der Waals surface area (Å²) in [5.41, 5.74) is 1.60. The van der Waals surface area contributed by atoms with Crippen LogP contribution in [0, 0.1) is 5.82 Å². The molecule has 0 bridgehead atoms. The van der Waals surface area contributed by atoms with Gasteiger partial charge in [-0.3, -0.25) is 5.32 Å². The van der Waals surface area contributed by atoms with E-state index < -0.39 is 11.8 Å². The fraction of sp³-hybridized carbons (Fsp3) is 0.0588. The monoisotopic (exact) mass is 386 g/mol. The van der Waals surface area contributed by atoms with Gasteiger partial charge < -0.3 is 10.1 Å². The molecule has 0 aliphatic carbocycles. The first-order chi connectivity index (χ1) is 13.0. The summed E-state index contributed by atoms with van der Waals surface area (Å²) in [6.07, 6.45) is 0. The molecule has 3 aromatic rings. The summed E-state index contributed by atoms with van der Waals surface area (Å²) in [6.45, 7) is 0. The summed E-state index contributed by atoms with van der Waals surface area (Å²) in [5.74, 6) is 0.179. The summed E-state index contributed by atoms with van der Waals surface area (Å²) < 4.78 is 18.5. The quantitative estimate of drug-likeness (QED) is 0.669. The topological polar surface area (TPSA) is 91.7 Å². The first-order valence-electron chi connectivity index (χ1n) is 7.79. The van der Waals surface area contributed by atoms with Crippen molar-refractivity contribution in [2.45, 2.75) is 0 Å². The molecule has 0 saturated carbocycles. The van der Waals surface area contributed by atoms with E-state index in [1.807, 2.05) is 0 Å². The molecule has 0 atom stereocenters. The standard InChI is InChI=1S/C17H12ClFN6O2/c1-25-14-15(22-13-8-9(18)2-7-12(13)21-14)27-17(24-25)23-16(26)20-11-5-3-10(19)4-6-11/h2-8H,1H3,(H2,20,23,24,26). The van der Waals surface area contributed by atoms with E-state index in [4.69, 9.17) is 16.3 Å². The van der Waals surface area contributed by atoms with Gasteiger partial charge in [0.25, 0.3) is 5.88 Å². The molecular formula is C17H12ClFN6O2. The molecule has 1 aliphatic heterocycles. The molecule has 1 aliphatic rings. The highest BCUT2D eigenvalue weighted by atomic mass is 35.5. The van der Waals surface area contributed by atoms with E-state index in [9.17, 15) is 9.18 Å². The van der Waals surface area contributed by atoms with Crippen LogP contribution in [0.3, 0.4) is 0 Å². The maximum atomic E-state index is 12.9. The van der Waals surface area contributed by atoms with Crippen molar-refractivity contribution in [2.75, 3.05) is 17.4 Å². The molecule has 2 N–H and O–H groups in total. The van der Waals surface area contributed by atoms with E-state index in [1.165, 1.54) is 29.3 Å². The van der Waals surface area contributed by atoms with E-state index in [-0.39, 0.29) is 11.9 Å². The Bertz CT molecular complexity index is 1070. The lowest BCUT2D eigenvalue weighted by Crippen LogP contribution is -2.41. The number of amidine groups is 1. The third-order valence-electron chi connectivity index (χ3n) is 3.64. The Kier molecular flexibility index (Phi) is 4.21. The average molecular weight is 387 g/mol. The largest absolute Gasteiger partial charge is 0.401 e. The van der Waals surface area contributed by atoms with Gasteiger partial charge in [0.1, 0.15) is 5.82 Å². The molecule has 0 unspecified atom stereocenters. The molecule has 4 rings (SSSR count). The minimum absolute atomic E-state index is 0.0831. The number of hydrazone groups is 1. The van der Waals surface area contributed by atoms with Gasteiger partial charge in [-0.1, -0.05) is 11.6 Å². The van der Waals surface area contributed by atoms with Gasteiger partial charge in [0, 0.05) is 17.8 Å². The molecule has 136 valence electrons. The molecule has 2 aromatic carbocycles. The van der Waals surface area contributed by atoms with E-state index in [2.05, 4.69) is 25.7 Å². The second-order valence-corrected chi connectivity index (χ2v) is 6.04. The Morgan fingerprint density at radius 1 is 1.11 bits per heavy atom. The number of hydrogen-bond donors (Lipinski definition) is 2. The molecule has 2 heterocycles. The Balaban J connectivity index is 1.53. The lowest BCUT2D eigenvalue weighted by Gasteiger charge is -2.22. The second-order valence-electron chi connectivity index (χ2n) is 5.60. The number of urea groups is 1. The van der Waals surface area contributed by atoms with Crippen LogP contribution in [0.4, 0.5) is 20.7 Å². The highest BCUT2D eigenvalue weighted by Gasteiger charge is 2.23. The maximum absolute atomic E-state index is 12.9. The summed E-state index contributed by atoms with van der Waals surface area (Å²) in [6, 6.07) is 9.77. The van der Waals surface area contributed by atoms with Crippen molar-refractivity contribution in [3.8, 4) is 5.88 Å². The number of amides is 2. The number of nitrogens with zero attached hydrogens (tertiary/aromatic N) is 4. The Labute approximate surface area is 157 Å². The SMILES string of the molecule is CN1N=C(NC(=O)Nc2ccc(F)cc2)Oc2nc3cc(Cl)ccc3nc21. The molecule has 8 nitrogen and oxygen atoms in total. The van der Waals surface area contributed by atoms with Crippen LogP contribution in [0.15, 0.2) is 47.6 Å². The first kappa shape index (κ1) is 17.0. The fourth-order valence-electron chi connectivity index (χ4n) is 2.42. The van der Waals surface area contributed by atoms with Gasteiger partial charge in [-0.15, -0.1) is 5.10 Å². The van der Waals surface area contributed by atoms with E-state index >= 15 is 0 Å². The lowest BCUT2D eigenvalue weighted by molar-refractivity contribution is 0.254. The van der Waals surface area contributed by atoms with Crippen LogP contribution in [0.25, 0.3) is 11.0 Å². The zero-order valence-corrected chi connectivity index (χ0v) is 14.7. The fourth-order valence-corrected chi connectivity index (χ4v) is 2.59. The van der Waals surface area contributed by atoms with Crippen LogP contribution < -0.4 is 20.4 Å². The van der Waals surface area contributed by atoms with Gasteiger partial charge in [0.05, 0.1) is 11.0 Å². The molecule has 0 spiro atoms. The first-order valence-corrected chi connectivity index (χ1v) is 8.17. The normalized spacial score (nSPS) is 12.9. The number of rotatable bonds is 1. The molecule has 1 aromatic heterocycles. The molecule has 27 heavy (non-hydrogen) atoms. The van der Waals surface area contributed by atoms with Crippen LogP contribution in [-0.4, -0.2) is 29.1 Å². The van der Waals surface area contributed by atoms with Crippen LogP contribution >= 0.6 is 11.6 Å². The summed E-state index contributed by atoms with van der Waals surface area (Å²) in [4.78, 5) is 20.9. The molecule has 0 fully saturated rings. The molecule has 0 radical (unpaired) electrons. The minimum atomic E-state index is -0.603. The van der Waals surface area contributed by atoms with Crippen molar-refractivity contribution in [1.82, 2.24) is 15.3 Å². The van der Waals surface area contributed by atoms with Crippen molar-refractivity contribution in [2.24, 2.45) is 5.10 Å². The van der Waals surface area contributed by atoms with Crippen molar-refractivity contribution < 1.29 is 13.9 Å². The van der Waals surface area contributed by atoms with Gasteiger partial charge in [0.15, 0.2) is 0 Å². The van der Waals surface area contributed by atoms with Gasteiger partial charge >= 0.3 is 12.1 Å². The van der Waals surface area contributed by atoms with Gasteiger partial charge in [-0.05, 0) is 42.5 Å². The second kappa shape index (κ2) is 6.69. The lowest BCUT2D eigenvalue weighted by atomic mass is 10.3. The zero-order chi connectivity index (χ0) is 19.0. The van der Waals surface area contributed by atoms with Crippen molar-refractivity contribution >= 4 is 46.2 Å². The van der Waals surface area contributed by atoms with Crippen LogP contribution in [-0.2, 0) is 0 Å². The highest BCUT2D eigenvalue weighted by molar-refractivity contribution is 6.31. The van der Waals surface area contributed by atoms with E-state index in [1.54, 1.807) is 25.2 Å². The van der Waals surface area contributed by atoms with Crippen molar-refractivity contribution in [3.05, 3.63) is 53.3 Å². The van der Waals surface area contributed by atoms with Crippen LogP contribution in [0.2, 0.25) is 5.02 Å². The summed E-state index contributed by atoms with van der Waals surface area (Å²) in [7, 11) is 1.65. The van der Waals surface area contributed by atoms with Gasteiger partial charge in [-0.2, -0.15) is 0 Å². The molecular weight excluding hydrogens is 375 g/mol. The van der Waals surface area contributed by atoms with Crippen LogP contribution in [0.5, 0.6) is 5.88 Å². The predicted molar refractivity (Wildman–Crippen MR) is 99.6 cm³/mol. The number of benzene rings is 2. The molecule has 0 saturated heterocycles. The Hall–Kier alpha value is -3.46. The van der Waals surface area contributed by atoms with E-state index in [0.717, 1.165) is 0 Å². The third-order valence-corrected chi connectivity index (χ3v) is 3.88. The number of fused-ring (bicyclic) bond motifs is 2. The van der Waals surface area contributed by atoms with Crippen molar-refractivity contribution in [1.29, 1.82) is 0 Å². The van der Waals surface area contributed by atoms with Crippen LogP contribution in [0.1, 0.15) is 0 Å². The van der Waals surface area contributed by atoms with Gasteiger partial charge in [0.2, 0.25) is 5.82 Å². The van der Waals surface area contributed by atoms with Gasteiger partial charge in [-0.25, -0.2) is 24.2 Å². The smallest absolute Gasteiger partial charge is 0.327 e. The number of anilines is 2. The number of carbonyl (C=O) groups excluding carboxylic acids is 1. The Morgan fingerprint density at radius 3 is 2.67 bits per heavy atom. The average Bonchev–Trinajstić information content (AvgIpc) is 2.62. The summed E-state index contributed by atoms with van der Waals surface area (Å²) in [5, 5.41) is 11.1. The number of aromatic nitrogens is 2. The minimum Gasteiger partial charge on any atom is -0.401 e. The number of nitrogens with one attached hydrogen (secondary N) is 2.